The third-order valence-electron chi connectivity index (χ3n) is 2.67. The molecule has 0 bridgehead atoms. The van der Waals surface area contributed by atoms with Gasteiger partial charge in [-0.3, -0.25) is 4.79 Å². The van der Waals surface area contributed by atoms with E-state index in [1.807, 2.05) is 24.3 Å². The molecule has 0 saturated heterocycles. The van der Waals surface area contributed by atoms with Gasteiger partial charge in [-0.15, -0.1) is 0 Å². The molecule has 0 aliphatic heterocycles. The summed E-state index contributed by atoms with van der Waals surface area (Å²) in [6.07, 6.45) is 2.48. The lowest BCUT2D eigenvalue weighted by Crippen LogP contribution is -2.43. The van der Waals surface area contributed by atoms with Gasteiger partial charge in [-0.1, -0.05) is 12.1 Å². The number of nitrogens with one attached hydrogen (secondary N) is 1. The third-order valence-corrected chi connectivity index (χ3v) is 2.67. The highest BCUT2D eigenvalue weighted by molar-refractivity contribution is 5.91. The number of methoxy groups -OCH3 is 1. The van der Waals surface area contributed by atoms with Gasteiger partial charge in [0.05, 0.1) is 13.2 Å². The van der Waals surface area contributed by atoms with Gasteiger partial charge in [0, 0.05) is 18.7 Å². The average molecular weight is 264 g/mol. The number of aliphatic hydroxyl groups is 1. The van der Waals surface area contributed by atoms with E-state index in [-0.39, 0.29) is 12.5 Å². The van der Waals surface area contributed by atoms with Crippen molar-refractivity contribution in [2.24, 2.45) is 5.73 Å². The molecule has 0 radical (unpaired) electrons. The fourth-order valence-electron chi connectivity index (χ4n) is 1.33. The van der Waals surface area contributed by atoms with Crippen LogP contribution in [0, 0.1) is 0 Å². The lowest BCUT2D eigenvalue weighted by Gasteiger charge is -2.14. The Labute approximate surface area is 113 Å². The van der Waals surface area contributed by atoms with Crippen LogP contribution in [0.4, 0.5) is 0 Å². The van der Waals surface area contributed by atoms with Crippen LogP contribution in [-0.4, -0.2) is 36.8 Å². The van der Waals surface area contributed by atoms with Crippen LogP contribution < -0.4 is 15.8 Å². The molecule has 0 saturated carbocycles. The van der Waals surface area contributed by atoms with Gasteiger partial charge >= 0.3 is 0 Å². The zero-order chi connectivity index (χ0) is 14.3. The fourth-order valence-corrected chi connectivity index (χ4v) is 1.33. The van der Waals surface area contributed by atoms with Crippen molar-refractivity contribution in [1.82, 2.24) is 5.32 Å². The van der Waals surface area contributed by atoms with Gasteiger partial charge in [-0.05, 0) is 30.7 Å². The first-order valence-electron chi connectivity index (χ1n) is 6.06. The minimum Gasteiger partial charge on any atom is -0.497 e. The summed E-state index contributed by atoms with van der Waals surface area (Å²) in [5.41, 5.74) is 6.50. The SMILES string of the molecule is COc1ccc(C=CC(=O)NCC(N)C(C)O)cc1. The summed E-state index contributed by atoms with van der Waals surface area (Å²) in [5, 5.41) is 11.8. The first kappa shape index (κ1) is 15.2. The Hall–Kier alpha value is -1.85. The lowest BCUT2D eigenvalue weighted by molar-refractivity contribution is -0.116. The molecule has 0 aromatic heterocycles. The second-order valence-electron chi connectivity index (χ2n) is 4.26. The molecule has 0 spiro atoms. The number of hydrogen-bond acceptors (Lipinski definition) is 4. The zero-order valence-corrected chi connectivity index (χ0v) is 11.2. The van der Waals surface area contributed by atoms with E-state index < -0.39 is 12.1 Å². The maximum Gasteiger partial charge on any atom is 0.244 e. The summed E-state index contributed by atoms with van der Waals surface area (Å²) in [6.45, 7) is 1.83. The van der Waals surface area contributed by atoms with Crippen molar-refractivity contribution < 1.29 is 14.6 Å². The Bertz CT molecular complexity index is 427. The molecule has 4 N–H and O–H groups in total. The molecular formula is C14H20N2O3. The van der Waals surface area contributed by atoms with Crippen molar-refractivity contribution in [3.05, 3.63) is 35.9 Å². The molecule has 0 aliphatic carbocycles. The monoisotopic (exact) mass is 264 g/mol. The number of carbonyl (C=O) groups excluding carboxylic acids is 1. The second-order valence-corrected chi connectivity index (χ2v) is 4.26. The van der Waals surface area contributed by atoms with E-state index in [2.05, 4.69) is 5.32 Å². The number of ether oxygens (including phenoxy) is 1. The normalized spacial score (nSPS) is 14.1. The predicted octanol–water partition coefficient (Wildman–Crippen LogP) is 0.533. The lowest BCUT2D eigenvalue weighted by atomic mass is 10.2. The predicted molar refractivity (Wildman–Crippen MR) is 74.7 cm³/mol. The van der Waals surface area contributed by atoms with Crippen molar-refractivity contribution in [3.63, 3.8) is 0 Å². The summed E-state index contributed by atoms with van der Waals surface area (Å²) in [4.78, 5) is 11.5. The number of carbonyl (C=O) groups is 1. The molecule has 2 atom stereocenters. The van der Waals surface area contributed by atoms with Crippen LogP contribution in [0.2, 0.25) is 0 Å². The number of benzene rings is 1. The van der Waals surface area contributed by atoms with E-state index >= 15 is 0 Å². The van der Waals surface area contributed by atoms with E-state index in [1.165, 1.54) is 6.08 Å². The van der Waals surface area contributed by atoms with Gasteiger partial charge in [-0.2, -0.15) is 0 Å². The van der Waals surface area contributed by atoms with Gasteiger partial charge in [0.2, 0.25) is 5.91 Å². The van der Waals surface area contributed by atoms with Crippen LogP contribution in [0.5, 0.6) is 5.75 Å². The maximum absolute atomic E-state index is 11.5. The number of amides is 1. The number of rotatable bonds is 6. The second kappa shape index (κ2) is 7.56. The van der Waals surface area contributed by atoms with Crippen LogP contribution >= 0.6 is 0 Å². The summed E-state index contributed by atoms with van der Waals surface area (Å²) in [5.74, 6) is 0.524. The largest absolute Gasteiger partial charge is 0.497 e. The highest BCUT2D eigenvalue weighted by Crippen LogP contribution is 2.12. The molecule has 1 aromatic carbocycles. The van der Waals surface area contributed by atoms with Crippen molar-refractivity contribution in [3.8, 4) is 5.75 Å². The van der Waals surface area contributed by atoms with Gasteiger partial charge in [-0.25, -0.2) is 0 Å². The molecule has 1 rings (SSSR count). The van der Waals surface area contributed by atoms with Gasteiger partial charge < -0.3 is 20.9 Å². The van der Waals surface area contributed by atoms with Crippen molar-refractivity contribution in [1.29, 1.82) is 0 Å². The summed E-state index contributed by atoms with van der Waals surface area (Å²) >= 11 is 0. The van der Waals surface area contributed by atoms with E-state index in [1.54, 1.807) is 20.1 Å². The molecule has 1 aromatic rings. The quantitative estimate of drug-likeness (QED) is 0.654. The summed E-state index contributed by atoms with van der Waals surface area (Å²) in [7, 11) is 1.60. The van der Waals surface area contributed by atoms with Gasteiger partial charge in [0.25, 0.3) is 0 Å². The topological polar surface area (TPSA) is 84.6 Å². The van der Waals surface area contributed by atoms with Crippen molar-refractivity contribution in [2.45, 2.75) is 19.1 Å². The summed E-state index contributed by atoms with van der Waals surface area (Å²) < 4.78 is 5.04. The highest BCUT2D eigenvalue weighted by atomic mass is 16.5. The minimum atomic E-state index is -0.647. The fraction of sp³-hybridized carbons (Fsp3) is 0.357. The summed E-state index contributed by atoms with van der Waals surface area (Å²) in [6, 6.07) is 6.88. The molecule has 19 heavy (non-hydrogen) atoms. The Balaban J connectivity index is 2.44. The molecule has 5 nitrogen and oxygen atoms in total. The Morgan fingerprint density at radius 2 is 2.11 bits per heavy atom. The van der Waals surface area contributed by atoms with Gasteiger partial charge in [0.1, 0.15) is 5.75 Å². The maximum atomic E-state index is 11.5. The van der Waals surface area contributed by atoms with Crippen molar-refractivity contribution in [2.75, 3.05) is 13.7 Å². The number of aliphatic hydroxyl groups excluding tert-OH is 1. The van der Waals surface area contributed by atoms with Crippen LogP contribution in [0.3, 0.4) is 0 Å². The molecule has 0 aliphatic rings. The van der Waals surface area contributed by atoms with E-state index in [4.69, 9.17) is 10.5 Å². The van der Waals surface area contributed by atoms with E-state index in [9.17, 15) is 9.90 Å². The first-order valence-corrected chi connectivity index (χ1v) is 6.06. The van der Waals surface area contributed by atoms with Crippen LogP contribution in [0.1, 0.15) is 12.5 Å². The first-order chi connectivity index (χ1) is 9.02. The molecule has 104 valence electrons. The molecule has 5 heteroatoms. The third kappa shape index (κ3) is 5.54. The zero-order valence-electron chi connectivity index (χ0n) is 11.2. The molecule has 0 fully saturated rings. The van der Waals surface area contributed by atoms with Crippen LogP contribution in [0.15, 0.2) is 30.3 Å². The molecular weight excluding hydrogens is 244 g/mol. The van der Waals surface area contributed by atoms with E-state index in [0.717, 1.165) is 11.3 Å². The molecule has 1 amide bonds. The minimum absolute atomic E-state index is 0.240. The van der Waals surface area contributed by atoms with E-state index in [0.29, 0.717) is 0 Å². The van der Waals surface area contributed by atoms with Gasteiger partial charge in [0.15, 0.2) is 0 Å². The Kier molecular flexibility index (Phi) is 6.05. The van der Waals surface area contributed by atoms with Crippen LogP contribution in [0.25, 0.3) is 6.08 Å². The Morgan fingerprint density at radius 1 is 1.47 bits per heavy atom. The molecule has 2 unspecified atom stereocenters. The van der Waals surface area contributed by atoms with Crippen molar-refractivity contribution >= 4 is 12.0 Å². The Morgan fingerprint density at radius 3 is 2.63 bits per heavy atom. The average Bonchev–Trinajstić information content (AvgIpc) is 2.42. The number of nitrogens with two attached hydrogens (primary N) is 1. The highest BCUT2D eigenvalue weighted by Gasteiger charge is 2.09. The smallest absolute Gasteiger partial charge is 0.244 e. The van der Waals surface area contributed by atoms with Crippen LogP contribution in [-0.2, 0) is 4.79 Å². The number of hydrogen-bond donors (Lipinski definition) is 3. The standard InChI is InChI=1S/C14H20N2O3/c1-10(17)13(15)9-16-14(18)8-5-11-3-6-12(19-2)7-4-11/h3-8,10,13,17H,9,15H2,1-2H3,(H,16,18). The molecule has 0 heterocycles.